The van der Waals surface area contributed by atoms with E-state index in [9.17, 15) is 5.11 Å². The molecule has 0 aromatic heterocycles. The zero-order chi connectivity index (χ0) is 12.6. The minimum absolute atomic E-state index is 0.334. The van der Waals surface area contributed by atoms with Gasteiger partial charge in [-0.25, -0.2) is 0 Å². The lowest BCUT2D eigenvalue weighted by Crippen LogP contribution is -2.40. The van der Waals surface area contributed by atoms with Gasteiger partial charge in [0.05, 0.1) is 11.7 Å². The lowest BCUT2D eigenvalue weighted by atomic mass is 9.90. The predicted octanol–water partition coefficient (Wildman–Crippen LogP) is 2.65. The summed E-state index contributed by atoms with van der Waals surface area (Å²) in [6.45, 7) is 2.83. The van der Waals surface area contributed by atoms with Crippen LogP contribution in [0.1, 0.15) is 42.9 Å². The van der Waals surface area contributed by atoms with Crippen molar-refractivity contribution in [3.8, 4) is 0 Å². The lowest BCUT2D eigenvalue weighted by Gasteiger charge is -2.29. The van der Waals surface area contributed by atoms with Gasteiger partial charge in [0.2, 0.25) is 0 Å². The highest BCUT2D eigenvalue weighted by molar-refractivity contribution is 5.35. The number of aliphatic hydroxyl groups excluding tert-OH is 1. The van der Waals surface area contributed by atoms with Crippen molar-refractivity contribution in [3.63, 3.8) is 0 Å². The van der Waals surface area contributed by atoms with Crippen LogP contribution in [0.3, 0.4) is 0 Å². The monoisotopic (exact) mass is 246 g/mol. The van der Waals surface area contributed by atoms with Gasteiger partial charge >= 0.3 is 0 Å². The molecule has 0 bridgehead atoms. The average Bonchev–Trinajstić information content (AvgIpc) is 2.98. The molecule has 1 aromatic carbocycles. The Kier molecular flexibility index (Phi) is 3.16. The third-order valence-electron chi connectivity index (χ3n) is 4.55. The van der Waals surface area contributed by atoms with Gasteiger partial charge < -0.3 is 9.84 Å². The normalized spacial score (nSPS) is 28.3. The molecule has 1 aromatic rings. The van der Waals surface area contributed by atoms with Crippen LogP contribution < -0.4 is 0 Å². The van der Waals surface area contributed by atoms with E-state index in [-0.39, 0.29) is 11.7 Å². The number of hydrogen-bond donors (Lipinski definition) is 1. The highest BCUT2D eigenvalue weighted by Crippen LogP contribution is 2.31. The fourth-order valence-electron chi connectivity index (χ4n) is 3.25. The van der Waals surface area contributed by atoms with Gasteiger partial charge in [-0.3, -0.25) is 0 Å². The van der Waals surface area contributed by atoms with E-state index < -0.39 is 0 Å². The predicted molar refractivity (Wildman–Crippen MR) is 71.8 cm³/mol. The van der Waals surface area contributed by atoms with Gasteiger partial charge in [-0.15, -0.1) is 0 Å². The number of ether oxygens (including phenoxy) is 1. The molecule has 0 saturated carbocycles. The molecule has 1 N–H and O–H groups in total. The Hall–Kier alpha value is -0.860. The Morgan fingerprint density at radius 1 is 1.28 bits per heavy atom. The van der Waals surface area contributed by atoms with Crippen LogP contribution >= 0.6 is 0 Å². The maximum atomic E-state index is 10.4. The second-order valence-corrected chi connectivity index (χ2v) is 5.94. The summed E-state index contributed by atoms with van der Waals surface area (Å²) in [7, 11) is 0. The first-order valence-corrected chi connectivity index (χ1v) is 7.10. The zero-order valence-corrected chi connectivity index (χ0v) is 11.1. The quantitative estimate of drug-likeness (QED) is 0.888. The van der Waals surface area contributed by atoms with Gasteiger partial charge in [0.25, 0.3) is 0 Å². The molecule has 2 aliphatic rings. The molecule has 1 fully saturated rings. The Balaban J connectivity index is 1.72. The van der Waals surface area contributed by atoms with Crippen LogP contribution in [0, 0.1) is 0 Å². The van der Waals surface area contributed by atoms with Crippen molar-refractivity contribution in [2.24, 2.45) is 0 Å². The molecule has 2 nitrogen and oxygen atoms in total. The van der Waals surface area contributed by atoms with Crippen LogP contribution in [0.15, 0.2) is 18.2 Å². The minimum Gasteiger partial charge on any atom is -0.390 e. The van der Waals surface area contributed by atoms with E-state index in [0.717, 1.165) is 19.4 Å². The standard InChI is InChI=1S/C16H22O2/c1-16(8-3-9-18-16)15(17)11-12-6-7-13-4-2-5-14(13)10-12/h6-7,10,15,17H,2-5,8-9,11H2,1H3. The summed E-state index contributed by atoms with van der Waals surface area (Å²) in [5.74, 6) is 0. The smallest absolute Gasteiger partial charge is 0.0916 e. The molecule has 2 atom stereocenters. The van der Waals surface area contributed by atoms with E-state index in [2.05, 4.69) is 18.2 Å². The Morgan fingerprint density at radius 2 is 2.11 bits per heavy atom. The zero-order valence-electron chi connectivity index (χ0n) is 11.1. The van der Waals surface area contributed by atoms with E-state index in [1.807, 2.05) is 6.92 Å². The molecule has 1 heterocycles. The molecule has 1 aliphatic carbocycles. The molecule has 0 spiro atoms. The largest absolute Gasteiger partial charge is 0.390 e. The fourth-order valence-corrected chi connectivity index (χ4v) is 3.25. The van der Waals surface area contributed by atoms with E-state index in [0.29, 0.717) is 6.42 Å². The Morgan fingerprint density at radius 3 is 2.89 bits per heavy atom. The van der Waals surface area contributed by atoms with Crippen LogP contribution in [0.2, 0.25) is 0 Å². The SMILES string of the molecule is CC1(C(O)Cc2ccc3c(c2)CCC3)CCCO1. The van der Waals surface area contributed by atoms with Gasteiger partial charge in [-0.05, 0) is 55.7 Å². The van der Waals surface area contributed by atoms with Crippen molar-refractivity contribution < 1.29 is 9.84 Å². The summed E-state index contributed by atoms with van der Waals surface area (Å²) < 4.78 is 5.72. The first-order chi connectivity index (χ1) is 8.67. The molecule has 3 rings (SSSR count). The summed E-state index contributed by atoms with van der Waals surface area (Å²) in [4.78, 5) is 0. The summed E-state index contributed by atoms with van der Waals surface area (Å²) in [6.07, 6.45) is 6.06. The number of hydrogen-bond acceptors (Lipinski definition) is 2. The molecule has 1 saturated heterocycles. The molecule has 1 aliphatic heterocycles. The first kappa shape index (κ1) is 12.2. The molecule has 0 amide bonds. The summed E-state index contributed by atoms with van der Waals surface area (Å²) in [5, 5.41) is 10.4. The number of fused-ring (bicyclic) bond motifs is 1. The van der Waals surface area contributed by atoms with Crippen molar-refractivity contribution in [1.82, 2.24) is 0 Å². The van der Waals surface area contributed by atoms with Crippen molar-refractivity contribution in [3.05, 3.63) is 34.9 Å². The van der Waals surface area contributed by atoms with Crippen molar-refractivity contribution in [2.45, 2.75) is 57.2 Å². The summed E-state index contributed by atoms with van der Waals surface area (Å²) in [6, 6.07) is 6.69. The maximum Gasteiger partial charge on any atom is 0.0916 e. The Bertz CT molecular complexity index is 433. The molecule has 0 radical (unpaired) electrons. The van der Waals surface area contributed by atoms with Gasteiger partial charge in [-0.2, -0.15) is 0 Å². The van der Waals surface area contributed by atoms with E-state index in [1.54, 1.807) is 0 Å². The van der Waals surface area contributed by atoms with Gasteiger partial charge in [0.15, 0.2) is 0 Å². The summed E-state index contributed by atoms with van der Waals surface area (Å²) >= 11 is 0. The third kappa shape index (κ3) is 2.19. The van der Waals surface area contributed by atoms with Crippen molar-refractivity contribution in [1.29, 1.82) is 0 Å². The van der Waals surface area contributed by atoms with Crippen LogP contribution in [0.5, 0.6) is 0 Å². The van der Waals surface area contributed by atoms with E-state index in [4.69, 9.17) is 4.74 Å². The highest BCUT2D eigenvalue weighted by atomic mass is 16.5. The van der Waals surface area contributed by atoms with Gasteiger partial charge in [0.1, 0.15) is 0 Å². The topological polar surface area (TPSA) is 29.5 Å². The lowest BCUT2D eigenvalue weighted by molar-refractivity contribution is -0.0768. The van der Waals surface area contributed by atoms with Crippen molar-refractivity contribution in [2.75, 3.05) is 6.61 Å². The van der Waals surface area contributed by atoms with Crippen LogP contribution in [0.25, 0.3) is 0 Å². The summed E-state index contributed by atoms with van der Waals surface area (Å²) in [5.41, 5.74) is 3.90. The van der Waals surface area contributed by atoms with Crippen molar-refractivity contribution >= 4 is 0 Å². The molecule has 2 unspecified atom stereocenters. The number of aliphatic hydroxyl groups is 1. The van der Waals surface area contributed by atoms with Crippen LogP contribution in [-0.4, -0.2) is 23.4 Å². The third-order valence-corrected chi connectivity index (χ3v) is 4.55. The van der Waals surface area contributed by atoms with Crippen LogP contribution in [0.4, 0.5) is 0 Å². The van der Waals surface area contributed by atoms with E-state index in [1.165, 1.54) is 36.0 Å². The van der Waals surface area contributed by atoms with Crippen LogP contribution in [-0.2, 0) is 24.0 Å². The molecular formula is C16H22O2. The highest BCUT2D eigenvalue weighted by Gasteiger charge is 2.37. The second-order valence-electron chi connectivity index (χ2n) is 5.94. The molecule has 2 heteroatoms. The second kappa shape index (κ2) is 4.67. The Labute approximate surface area is 109 Å². The molecule has 18 heavy (non-hydrogen) atoms. The fraction of sp³-hybridized carbons (Fsp3) is 0.625. The van der Waals surface area contributed by atoms with Gasteiger partial charge in [0, 0.05) is 13.0 Å². The number of benzene rings is 1. The maximum absolute atomic E-state index is 10.4. The van der Waals surface area contributed by atoms with Gasteiger partial charge in [-0.1, -0.05) is 18.2 Å². The number of aryl methyl sites for hydroxylation is 2. The van der Waals surface area contributed by atoms with E-state index >= 15 is 0 Å². The average molecular weight is 246 g/mol. The minimum atomic E-state index is -0.389. The molecule has 98 valence electrons. The first-order valence-electron chi connectivity index (χ1n) is 7.10. The number of rotatable bonds is 3. The molecular weight excluding hydrogens is 224 g/mol.